The first-order valence-corrected chi connectivity index (χ1v) is 27.1. The van der Waals surface area contributed by atoms with Crippen molar-refractivity contribution in [3.63, 3.8) is 0 Å². The maximum absolute atomic E-state index is 12.8. The zero-order chi connectivity index (χ0) is 45.8. The molecule has 0 aromatic rings. The lowest BCUT2D eigenvalue weighted by atomic mass is 10.0. The Kier molecular flexibility index (Phi) is 49.8. The van der Waals surface area contributed by atoms with Gasteiger partial charge in [-0.05, 0) is 83.5 Å². The molecule has 0 radical (unpaired) electrons. The minimum atomic E-state index is -0.784. The highest BCUT2D eigenvalue weighted by Gasteiger charge is 2.19. The zero-order valence-corrected chi connectivity index (χ0v) is 41.8. The van der Waals surface area contributed by atoms with E-state index in [1.807, 2.05) is 0 Å². The third-order valence-electron chi connectivity index (χ3n) is 11.8. The van der Waals surface area contributed by atoms with Crippen LogP contribution in [0.25, 0.3) is 0 Å². The predicted molar refractivity (Wildman–Crippen MR) is 270 cm³/mol. The SMILES string of the molecule is CCCCC/C=C/C/C=C/C/C=C/CCCCCCC(=O)OC[C@@H](COC(=O)CCCCCCCCCCCCCCCC)OC(=O)CCCCCCC/C=C/CCCCCCC. The molecule has 0 N–H and O–H groups in total. The molecular weight excluding hydrogens is 781 g/mol. The molecule has 0 aromatic carbocycles. The molecule has 366 valence electrons. The number of unbranched alkanes of at least 4 members (excludes halogenated alkanes) is 30. The van der Waals surface area contributed by atoms with Gasteiger partial charge in [0.05, 0.1) is 0 Å². The number of hydrogen-bond acceptors (Lipinski definition) is 6. The number of allylic oxidation sites excluding steroid dienone is 8. The number of carbonyl (C=O) groups excluding carboxylic acids is 3. The molecule has 0 amide bonds. The summed E-state index contributed by atoms with van der Waals surface area (Å²) in [6.45, 7) is 6.60. The Labute approximate surface area is 390 Å². The fourth-order valence-corrected chi connectivity index (χ4v) is 7.68. The smallest absolute Gasteiger partial charge is 0.306 e. The summed E-state index contributed by atoms with van der Waals surface area (Å²) >= 11 is 0. The maximum atomic E-state index is 12.8. The highest BCUT2D eigenvalue weighted by molar-refractivity contribution is 5.71. The lowest BCUT2D eigenvalue weighted by Gasteiger charge is -2.18. The Balaban J connectivity index is 4.41. The van der Waals surface area contributed by atoms with Crippen molar-refractivity contribution in [3.8, 4) is 0 Å². The number of carbonyl (C=O) groups is 3. The lowest BCUT2D eigenvalue weighted by Crippen LogP contribution is -2.30. The van der Waals surface area contributed by atoms with E-state index in [1.54, 1.807) is 0 Å². The first-order chi connectivity index (χ1) is 31.0. The highest BCUT2D eigenvalue weighted by atomic mass is 16.6. The van der Waals surface area contributed by atoms with Crippen LogP contribution in [0.3, 0.4) is 0 Å². The van der Waals surface area contributed by atoms with E-state index in [2.05, 4.69) is 69.4 Å². The average Bonchev–Trinajstić information content (AvgIpc) is 3.28. The van der Waals surface area contributed by atoms with Crippen LogP contribution < -0.4 is 0 Å². The second-order valence-electron chi connectivity index (χ2n) is 18.1. The van der Waals surface area contributed by atoms with Gasteiger partial charge in [0.25, 0.3) is 0 Å². The van der Waals surface area contributed by atoms with Crippen molar-refractivity contribution in [2.45, 2.75) is 284 Å². The van der Waals surface area contributed by atoms with Crippen LogP contribution >= 0.6 is 0 Å². The normalized spacial score (nSPS) is 12.4. The van der Waals surface area contributed by atoms with E-state index in [9.17, 15) is 14.4 Å². The summed E-state index contributed by atoms with van der Waals surface area (Å²) in [5, 5.41) is 0. The van der Waals surface area contributed by atoms with Crippen molar-refractivity contribution in [1.82, 2.24) is 0 Å². The van der Waals surface area contributed by atoms with E-state index < -0.39 is 6.10 Å². The average molecular weight is 883 g/mol. The topological polar surface area (TPSA) is 78.9 Å². The van der Waals surface area contributed by atoms with E-state index >= 15 is 0 Å². The van der Waals surface area contributed by atoms with Crippen LogP contribution in [0.1, 0.15) is 278 Å². The molecule has 0 heterocycles. The first kappa shape index (κ1) is 60.4. The number of rotatable bonds is 49. The molecule has 0 fully saturated rings. The Morgan fingerprint density at radius 3 is 0.937 bits per heavy atom. The Morgan fingerprint density at radius 2 is 0.571 bits per heavy atom. The second kappa shape index (κ2) is 52.0. The van der Waals surface area contributed by atoms with E-state index in [-0.39, 0.29) is 31.1 Å². The minimum Gasteiger partial charge on any atom is -0.462 e. The van der Waals surface area contributed by atoms with E-state index in [4.69, 9.17) is 14.2 Å². The number of ether oxygens (including phenoxy) is 3. The Bertz CT molecular complexity index is 1110. The van der Waals surface area contributed by atoms with Gasteiger partial charge >= 0.3 is 17.9 Å². The molecule has 0 aliphatic carbocycles. The zero-order valence-electron chi connectivity index (χ0n) is 41.8. The van der Waals surface area contributed by atoms with Crippen molar-refractivity contribution in [1.29, 1.82) is 0 Å². The summed E-state index contributed by atoms with van der Waals surface area (Å²) in [5.41, 5.74) is 0. The summed E-state index contributed by atoms with van der Waals surface area (Å²) in [4.78, 5) is 38.0. The molecule has 0 saturated heterocycles. The summed E-state index contributed by atoms with van der Waals surface area (Å²) in [6, 6.07) is 0. The molecule has 1 atom stereocenters. The summed E-state index contributed by atoms with van der Waals surface area (Å²) < 4.78 is 16.8. The molecule has 0 aromatic heterocycles. The molecule has 0 saturated carbocycles. The van der Waals surface area contributed by atoms with Gasteiger partial charge in [-0.15, -0.1) is 0 Å². The van der Waals surface area contributed by atoms with Gasteiger partial charge in [0.15, 0.2) is 6.10 Å². The largest absolute Gasteiger partial charge is 0.462 e. The van der Waals surface area contributed by atoms with Crippen LogP contribution in [-0.4, -0.2) is 37.2 Å². The van der Waals surface area contributed by atoms with E-state index in [0.29, 0.717) is 19.3 Å². The molecule has 0 rings (SSSR count). The molecule has 6 heteroatoms. The number of esters is 3. The Hall–Kier alpha value is -2.63. The monoisotopic (exact) mass is 883 g/mol. The standard InChI is InChI=1S/C57H102O6/c1-4-7-10-13-16-19-22-25-28-29-30-33-35-38-41-44-47-50-56(59)62-53-54(63-57(60)51-48-45-42-39-36-32-27-24-21-18-15-12-9-6-3)52-61-55(58)49-46-43-40-37-34-31-26-23-20-17-14-11-8-5-2/h16,19,24-25,27-28,30,33,54H,4-15,17-18,20-23,26,29,31-32,34-53H2,1-3H3/b19-16+,27-24+,28-25+,33-30+/t54-/m1/s1. The van der Waals surface area contributed by atoms with Crippen LogP contribution in [0, 0.1) is 0 Å². The lowest BCUT2D eigenvalue weighted by molar-refractivity contribution is -0.167. The van der Waals surface area contributed by atoms with Crippen LogP contribution in [0.4, 0.5) is 0 Å². The third-order valence-corrected chi connectivity index (χ3v) is 11.8. The molecule has 6 nitrogen and oxygen atoms in total. The van der Waals surface area contributed by atoms with Gasteiger partial charge in [-0.2, -0.15) is 0 Å². The van der Waals surface area contributed by atoms with Gasteiger partial charge in [-0.25, -0.2) is 0 Å². The molecule has 0 unspecified atom stereocenters. The van der Waals surface area contributed by atoms with Crippen molar-refractivity contribution in [3.05, 3.63) is 48.6 Å². The van der Waals surface area contributed by atoms with Gasteiger partial charge in [0.1, 0.15) is 13.2 Å². The van der Waals surface area contributed by atoms with Crippen LogP contribution in [0.2, 0.25) is 0 Å². The van der Waals surface area contributed by atoms with E-state index in [1.165, 1.54) is 141 Å². The van der Waals surface area contributed by atoms with Crippen LogP contribution in [0.5, 0.6) is 0 Å². The van der Waals surface area contributed by atoms with Gasteiger partial charge in [-0.1, -0.05) is 223 Å². The summed E-state index contributed by atoms with van der Waals surface area (Å²) in [6.07, 6.45) is 62.3. The van der Waals surface area contributed by atoms with Crippen molar-refractivity contribution in [2.75, 3.05) is 13.2 Å². The molecule has 0 spiro atoms. The second-order valence-corrected chi connectivity index (χ2v) is 18.1. The molecule has 0 bridgehead atoms. The third kappa shape index (κ3) is 50.2. The number of hydrogen-bond donors (Lipinski definition) is 0. The van der Waals surface area contributed by atoms with Crippen LogP contribution in [0.15, 0.2) is 48.6 Å². The van der Waals surface area contributed by atoms with Crippen molar-refractivity contribution >= 4 is 17.9 Å². The fourth-order valence-electron chi connectivity index (χ4n) is 7.68. The molecule has 0 aliphatic rings. The summed E-state index contributed by atoms with van der Waals surface area (Å²) in [5.74, 6) is -0.902. The van der Waals surface area contributed by atoms with Crippen LogP contribution in [-0.2, 0) is 28.6 Å². The molecular formula is C57H102O6. The highest BCUT2D eigenvalue weighted by Crippen LogP contribution is 2.15. The quantitative estimate of drug-likeness (QED) is 0.0262. The van der Waals surface area contributed by atoms with Crippen molar-refractivity contribution < 1.29 is 28.6 Å². The van der Waals surface area contributed by atoms with E-state index in [0.717, 1.165) is 96.3 Å². The molecule has 63 heavy (non-hydrogen) atoms. The predicted octanol–water partition coefficient (Wildman–Crippen LogP) is 17.9. The fraction of sp³-hybridized carbons (Fsp3) is 0.807. The molecule has 0 aliphatic heterocycles. The van der Waals surface area contributed by atoms with Gasteiger partial charge in [-0.3, -0.25) is 14.4 Å². The first-order valence-electron chi connectivity index (χ1n) is 27.1. The van der Waals surface area contributed by atoms with Gasteiger partial charge in [0, 0.05) is 19.3 Å². The van der Waals surface area contributed by atoms with Gasteiger partial charge in [0.2, 0.25) is 0 Å². The minimum absolute atomic E-state index is 0.0812. The maximum Gasteiger partial charge on any atom is 0.306 e. The summed E-state index contributed by atoms with van der Waals surface area (Å²) in [7, 11) is 0. The Morgan fingerprint density at radius 1 is 0.317 bits per heavy atom. The van der Waals surface area contributed by atoms with Crippen molar-refractivity contribution in [2.24, 2.45) is 0 Å². The van der Waals surface area contributed by atoms with Gasteiger partial charge < -0.3 is 14.2 Å².